The first-order valence-electron chi connectivity index (χ1n) is 4.12. The average Bonchev–Trinajstić information content (AvgIpc) is 2.17. The van der Waals surface area contributed by atoms with E-state index in [4.69, 9.17) is 11.0 Å². The van der Waals surface area contributed by atoms with Crippen LogP contribution in [0.2, 0.25) is 0 Å². The smallest absolute Gasteiger partial charge is 0.277 e. The summed E-state index contributed by atoms with van der Waals surface area (Å²) >= 11 is 0. The summed E-state index contributed by atoms with van der Waals surface area (Å²) in [7, 11) is 0. The van der Waals surface area contributed by atoms with Crippen LogP contribution in [0.25, 0.3) is 0 Å². The van der Waals surface area contributed by atoms with E-state index in [1.165, 1.54) is 6.07 Å². The van der Waals surface area contributed by atoms with Crippen molar-refractivity contribution in [2.75, 3.05) is 0 Å². The van der Waals surface area contributed by atoms with E-state index < -0.39 is 22.5 Å². The zero-order valence-corrected chi connectivity index (χ0v) is 7.68. The van der Waals surface area contributed by atoms with Crippen molar-refractivity contribution in [3.05, 3.63) is 39.7 Å². The predicted octanol–water partition coefficient (Wildman–Crippen LogP) is 1.65. The molecule has 6 heteroatoms. The molecule has 0 saturated carbocycles. The highest BCUT2D eigenvalue weighted by molar-refractivity contribution is 5.42. The molecule has 0 unspecified atom stereocenters. The Balaban J connectivity index is 3.17. The van der Waals surface area contributed by atoms with Gasteiger partial charge in [0.25, 0.3) is 5.69 Å². The summed E-state index contributed by atoms with van der Waals surface area (Å²) in [5.41, 5.74) is 5.32. The summed E-state index contributed by atoms with van der Waals surface area (Å²) in [5, 5.41) is 19.0. The standard InChI is InChI=1S/C9H8FN3O2/c10-6-1-2-7(8(12)3-4-11)9(5-6)13(14)15/h1-2,5,8H,3,12H2/t8-/m1/s1. The second-order valence-electron chi connectivity index (χ2n) is 2.93. The van der Waals surface area contributed by atoms with E-state index in [1.54, 1.807) is 6.07 Å². The number of hydrogen-bond donors (Lipinski definition) is 1. The Morgan fingerprint density at radius 1 is 1.67 bits per heavy atom. The molecule has 0 amide bonds. The Bertz CT molecular complexity index is 428. The quantitative estimate of drug-likeness (QED) is 0.604. The molecular weight excluding hydrogens is 201 g/mol. The lowest BCUT2D eigenvalue weighted by Crippen LogP contribution is -2.11. The number of nitro benzene ring substituents is 1. The third kappa shape index (κ3) is 2.48. The number of halogens is 1. The molecule has 0 aliphatic rings. The summed E-state index contributed by atoms with van der Waals surface area (Å²) in [5.74, 6) is -0.699. The van der Waals surface area contributed by atoms with Gasteiger partial charge in [-0.3, -0.25) is 10.1 Å². The average molecular weight is 209 g/mol. The topological polar surface area (TPSA) is 93.0 Å². The largest absolute Gasteiger partial charge is 0.323 e. The van der Waals surface area contributed by atoms with Gasteiger partial charge in [0, 0.05) is 11.6 Å². The van der Waals surface area contributed by atoms with Gasteiger partial charge < -0.3 is 5.73 Å². The molecule has 0 aliphatic carbocycles. The SMILES string of the molecule is N#CC[C@@H](N)c1ccc(F)cc1[N+](=O)[O-]. The summed E-state index contributed by atoms with van der Waals surface area (Å²) in [6, 6.07) is 4.15. The number of nitrogens with two attached hydrogens (primary N) is 1. The molecule has 1 rings (SSSR count). The first-order valence-corrected chi connectivity index (χ1v) is 4.12. The fourth-order valence-corrected chi connectivity index (χ4v) is 1.20. The van der Waals surface area contributed by atoms with Crippen LogP contribution in [-0.2, 0) is 0 Å². The van der Waals surface area contributed by atoms with Crippen molar-refractivity contribution >= 4 is 5.69 Å². The van der Waals surface area contributed by atoms with Gasteiger partial charge in [0.2, 0.25) is 0 Å². The van der Waals surface area contributed by atoms with Gasteiger partial charge in [-0.25, -0.2) is 4.39 Å². The number of nitrogens with zero attached hydrogens (tertiary/aromatic N) is 2. The Morgan fingerprint density at radius 3 is 2.87 bits per heavy atom. The van der Waals surface area contributed by atoms with Crippen LogP contribution in [0.5, 0.6) is 0 Å². The van der Waals surface area contributed by atoms with Gasteiger partial charge in [-0.05, 0) is 12.1 Å². The van der Waals surface area contributed by atoms with Crippen molar-refractivity contribution in [3.8, 4) is 6.07 Å². The van der Waals surface area contributed by atoms with Crippen LogP contribution in [0.3, 0.4) is 0 Å². The van der Waals surface area contributed by atoms with Crippen LogP contribution in [0.1, 0.15) is 18.0 Å². The van der Waals surface area contributed by atoms with Gasteiger partial charge in [0.1, 0.15) is 5.82 Å². The minimum absolute atomic E-state index is 0.0491. The lowest BCUT2D eigenvalue weighted by Gasteiger charge is -2.07. The van der Waals surface area contributed by atoms with Crippen LogP contribution in [0, 0.1) is 27.3 Å². The van der Waals surface area contributed by atoms with E-state index >= 15 is 0 Å². The lowest BCUT2D eigenvalue weighted by molar-refractivity contribution is -0.385. The maximum atomic E-state index is 12.7. The molecule has 0 heterocycles. The Morgan fingerprint density at radius 2 is 2.33 bits per heavy atom. The molecule has 0 saturated heterocycles. The number of hydrogen-bond acceptors (Lipinski definition) is 4. The molecule has 1 atom stereocenters. The molecule has 5 nitrogen and oxygen atoms in total. The molecule has 0 spiro atoms. The van der Waals surface area contributed by atoms with Crippen LogP contribution >= 0.6 is 0 Å². The fourth-order valence-electron chi connectivity index (χ4n) is 1.20. The van der Waals surface area contributed by atoms with Crippen LogP contribution in [0.15, 0.2) is 18.2 Å². The maximum absolute atomic E-state index is 12.7. The number of nitro groups is 1. The normalized spacial score (nSPS) is 11.8. The van der Waals surface area contributed by atoms with E-state index in [1.807, 2.05) is 0 Å². The molecular formula is C9H8FN3O2. The predicted molar refractivity (Wildman–Crippen MR) is 50.2 cm³/mol. The monoisotopic (exact) mass is 209 g/mol. The van der Waals surface area contributed by atoms with E-state index in [0.29, 0.717) is 0 Å². The fraction of sp³-hybridized carbons (Fsp3) is 0.222. The Kier molecular flexibility index (Phi) is 3.31. The first kappa shape index (κ1) is 11.1. The lowest BCUT2D eigenvalue weighted by atomic mass is 10.0. The van der Waals surface area contributed by atoms with Crippen molar-refractivity contribution in [1.82, 2.24) is 0 Å². The molecule has 0 radical (unpaired) electrons. The van der Waals surface area contributed by atoms with Gasteiger partial charge >= 0.3 is 0 Å². The zero-order chi connectivity index (χ0) is 11.4. The van der Waals surface area contributed by atoms with Crippen molar-refractivity contribution in [1.29, 1.82) is 5.26 Å². The third-order valence-electron chi connectivity index (χ3n) is 1.90. The van der Waals surface area contributed by atoms with Gasteiger partial charge in [0.15, 0.2) is 0 Å². The van der Waals surface area contributed by atoms with Gasteiger partial charge in [-0.15, -0.1) is 0 Å². The van der Waals surface area contributed by atoms with Crippen LogP contribution in [0.4, 0.5) is 10.1 Å². The van der Waals surface area contributed by atoms with Gasteiger partial charge in [-0.2, -0.15) is 5.26 Å². The Hall–Kier alpha value is -2.00. The van der Waals surface area contributed by atoms with Gasteiger partial charge in [0.05, 0.1) is 23.5 Å². The third-order valence-corrected chi connectivity index (χ3v) is 1.90. The van der Waals surface area contributed by atoms with Crippen molar-refractivity contribution in [2.24, 2.45) is 5.73 Å². The number of nitriles is 1. The van der Waals surface area contributed by atoms with Gasteiger partial charge in [-0.1, -0.05) is 0 Å². The molecule has 15 heavy (non-hydrogen) atoms. The van der Waals surface area contributed by atoms with Crippen molar-refractivity contribution < 1.29 is 9.31 Å². The summed E-state index contributed by atoms with van der Waals surface area (Å²) in [4.78, 5) is 9.87. The van der Waals surface area contributed by atoms with Crippen molar-refractivity contribution in [3.63, 3.8) is 0 Å². The van der Waals surface area contributed by atoms with E-state index in [-0.39, 0.29) is 12.0 Å². The Labute approximate surface area is 85.1 Å². The second kappa shape index (κ2) is 4.48. The maximum Gasteiger partial charge on any atom is 0.277 e. The molecule has 1 aromatic carbocycles. The number of benzene rings is 1. The summed E-state index contributed by atoms with van der Waals surface area (Å²) in [6.45, 7) is 0. The summed E-state index contributed by atoms with van der Waals surface area (Å²) in [6.07, 6.45) is -0.0491. The van der Waals surface area contributed by atoms with Crippen LogP contribution < -0.4 is 5.73 Å². The molecule has 2 N–H and O–H groups in total. The molecule has 0 aliphatic heterocycles. The van der Waals surface area contributed by atoms with Crippen LogP contribution in [-0.4, -0.2) is 4.92 Å². The second-order valence-corrected chi connectivity index (χ2v) is 2.93. The van der Waals surface area contributed by atoms with E-state index in [0.717, 1.165) is 12.1 Å². The molecule has 0 bridgehead atoms. The first-order chi connectivity index (χ1) is 7.06. The summed E-state index contributed by atoms with van der Waals surface area (Å²) < 4.78 is 12.7. The highest BCUT2D eigenvalue weighted by Crippen LogP contribution is 2.26. The molecule has 1 aromatic rings. The molecule has 0 fully saturated rings. The highest BCUT2D eigenvalue weighted by Gasteiger charge is 2.19. The minimum atomic E-state index is -0.768. The molecule has 0 aromatic heterocycles. The highest BCUT2D eigenvalue weighted by atomic mass is 19.1. The van der Waals surface area contributed by atoms with E-state index in [2.05, 4.69) is 0 Å². The molecule has 78 valence electrons. The zero-order valence-electron chi connectivity index (χ0n) is 7.68. The van der Waals surface area contributed by atoms with Crippen molar-refractivity contribution in [2.45, 2.75) is 12.5 Å². The minimum Gasteiger partial charge on any atom is -0.323 e. The number of rotatable bonds is 3. The van der Waals surface area contributed by atoms with E-state index in [9.17, 15) is 14.5 Å².